The van der Waals surface area contributed by atoms with Crippen molar-refractivity contribution in [2.45, 2.75) is 64.5 Å². The second-order valence-corrected chi connectivity index (χ2v) is 4.78. The molecule has 0 bridgehead atoms. The highest BCUT2D eigenvalue weighted by Gasteiger charge is 2.18. The summed E-state index contributed by atoms with van der Waals surface area (Å²) in [5, 5.41) is 8.95. The minimum Gasteiger partial charge on any atom is -0.394 e. The normalized spacial score (nSPS) is 17.4. The lowest BCUT2D eigenvalue weighted by atomic mass is 10.1. The first kappa shape index (κ1) is 14.9. The Labute approximate surface area is 94.0 Å². The first-order chi connectivity index (χ1) is 7.02. The fourth-order valence-electron chi connectivity index (χ4n) is 1.32. The molecule has 0 aromatic rings. The highest BCUT2D eigenvalue weighted by atomic mass is 16.5. The van der Waals surface area contributed by atoms with Gasteiger partial charge in [-0.25, -0.2) is 0 Å². The number of aliphatic hydroxyl groups is 1. The Hall–Kier alpha value is -0.120. The number of aliphatic hydroxyl groups excluding tert-OH is 1. The van der Waals surface area contributed by atoms with Crippen molar-refractivity contribution >= 4 is 0 Å². The van der Waals surface area contributed by atoms with E-state index in [-0.39, 0.29) is 12.7 Å². The molecule has 0 fully saturated rings. The summed E-state index contributed by atoms with van der Waals surface area (Å²) in [6, 6.07) is 0. The van der Waals surface area contributed by atoms with Gasteiger partial charge in [-0.1, -0.05) is 32.6 Å². The van der Waals surface area contributed by atoms with Crippen molar-refractivity contribution in [2.24, 2.45) is 5.73 Å². The van der Waals surface area contributed by atoms with E-state index in [1.807, 2.05) is 0 Å². The van der Waals surface area contributed by atoms with Crippen LogP contribution in [-0.2, 0) is 4.74 Å². The summed E-state index contributed by atoms with van der Waals surface area (Å²) in [4.78, 5) is 0. The van der Waals surface area contributed by atoms with Crippen LogP contribution in [0.2, 0.25) is 0 Å². The van der Waals surface area contributed by atoms with Crippen molar-refractivity contribution in [3.05, 3.63) is 0 Å². The summed E-state index contributed by atoms with van der Waals surface area (Å²) in [5.74, 6) is 0. The maximum atomic E-state index is 8.95. The lowest BCUT2D eigenvalue weighted by molar-refractivity contribution is 0.0128. The fourth-order valence-corrected chi connectivity index (χ4v) is 1.32. The van der Waals surface area contributed by atoms with E-state index in [1.54, 1.807) is 6.92 Å². The van der Waals surface area contributed by atoms with Crippen molar-refractivity contribution in [1.82, 2.24) is 0 Å². The molecule has 0 amide bonds. The smallest absolute Gasteiger partial charge is 0.0669 e. The molecule has 2 unspecified atom stereocenters. The molecule has 0 saturated heterocycles. The Bertz CT molecular complexity index is 149. The topological polar surface area (TPSA) is 55.5 Å². The summed E-state index contributed by atoms with van der Waals surface area (Å²) in [5.41, 5.74) is 5.17. The number of rotatable bonds is 9. The van der Waals surface area contributed by atoms with Crippen LogP contribution in [0.4, 0.5) is 0 Å². The molecule has 15 heavy (non-hydrogen) atoms. The van der Waals surface area contributed by atoms with Crippen molar-refractivity contribution in [3.8, 4) is 0 Å². The Balaban J connectivity index is 3.44. The van der Waals surface area contributed by atoms with Gasteiger partial charge in [0.2, 0.25) is 0 Å². The second kappa shape index (κ2) is 8.08. The van der Waals surface area contributed by atoms with Gasteiger partial charge in [-0.15, -0.1) is 0 Å². The standard InChI is InChI=1S/C12H27NO2/c1-4-5-6-7-8-11(2)15-10-12(3,13)9-14/h11,14H,4-10,13H2,1-3H3. The molecule has 3 heteroatoms. The summed E-state index contributed by atoms with van der Waals surface area (Å²) >= 11 is 0. The monoisotopic (exact) mass is 217 g/mol. The third kappa shape index (κ3) is 8.85. The van der Waals surface area contributed by atoms with Crippen LogP contribution in [0.25, 0.3) is 0 Å². The van der Waals surface area contributed by atoms with E-state index in [1.165, 1.54) is 25.7 Å². The zero-order valence-electron chi connectivity index (χ0n) is 10.5. The predicted octanol–water partition coefficient (Wildman–Crippen LogP) is 2.07. The minimum absolute atomic E-state index is 0.0322. The zero-order chi connectivity index (χ0) is 11.7. The van der Waals surface area contributed by atoms with Crippen LogP contribution in [0, 0.1) is 0 Å². The number of nitrogens with two attached hydrogens (primary N) is 1. The number of hydrogen-bond donors (Lipinski definition) is 2. The van der Waals surface area contributed by atoms with E-state index >= 15 is 0 Å². The van der Waals surface area contributed by atoms with E-state index in [0.29, 0.717) is 6.61 Å². The zero-order valence-corrected chi connectivity index (χ0v) is 10.5. The van der Waals surface area contributed by atoms with Crippen LogP contribution in [0.15, 0.2) is 0 Å². The summed E-state index contributed by atoms with van der Waals surface area (Å²) in [6.45, 7) is 6.48. The maximum absolute atomic E-state index is 8.95. The predicted molar refractivity (Wildman–Crippen MR) is 63.9 cm³/mol. The highest BCUT2D eigenvalue weighted by Crippen LogP contribution is 2.09. The Morgan fingerprint density at radius 2 is 2.00 bits per heavy atom. The lowest BCUT2D eigenvalue weighted by Gasteiger charge is -2.24. The van der Waals surface area contributed by atoms with Gasteiger partial charge in [-0.3, -0.25) is 0 Å². The Morgan fingerprint density at radius 1 is 1.33 bits per heavy atom. The van der Waals surface area contributed by atoms with Crippen LogP contribution < -0.4 is 5.73 Å². The van der Waals surface area contributed by atoms with Crippen molar-refractivity contribution < 1.29 is 9.84 Å². The molecule has 92 valence electrons. The third-order valence-corrected chi connectivity index (χ3v) is 2.52. The van der Waals surface area contributed by atoms with Crippen LogP contribution in [-0.4, -0.2) is 30.0 Å². The van der Waals surface area contributed by atoms with Gasteiger partial charge in [0.25, 0.3) is 0 Å². The minimum atomic E-state index is -0.600. The van der Waals surface area contributed by atoms with Gasteiger partial charge >= 0.3 is 0 Å². The van der Waals surface area contributed by atoms with E-state index in [9.17, 15) is 0 Å². The van der Waals surface area contributed by atoms with Gasteiger partial charge < -0.3 is 15.6 Å². The summed E-state index contributed by atoms with van der Waals surface area (Å²) < 4.78 is 5.59. The summed E-state index contributed by atoms with van der Waals surface area (Å²) in [6.07, 6.45) is 6.40. The van der Waals surface area contributed by atoms with Gasteiger partial charge in [0.05, 0.1) is 24.9 Å². The molecule has 3 nitrogen and oxygen atoms in total. The molecule has 0 aliphatic carbocycles. The van der Waals surface area contributed by atoms with E-state index < -0.39 is 5.54 Å². The van der Waals surface area contributed by atoms with E-state index in [0.717, 1.165) is 6.42 Å². The average molecular weight is 217 g/mol. The molecule has 0 spiro atoms. The van der Waals surface area contributed by atoms with Crippen LogP contribution in [0.1, 0.15) is 52.9 Å². The molecular weight excluding hydrogens is 190 g/mol. The van der Waals surface area contributed by atoms with Gasteiger partial charge in [0.1, 0.15) is 0 Å². The van der Waals surface area contributed by atoms with Gasteiger partial charge in [-0.05, 0) is 20.3 Å². The third-order valence-electron chi connectivity index (χ3n) is 2.52. The lowest BCUT2D eigenvalue weighted by Crippen LogP contribution is -2.45. The molecular formula is C12H27NO2. The van der Waals surface area contributed by atoms with Gasteiger partial charge in [0, 0.05) is 0 Å². The first-order valence-corrected chi connectivity index (χ1v) is 6.03. The Morgan fingerprint density at radius 3 is 2.53 bits per heavy atom. The number of hydrogen-bond acceptors (Lipinski definition) is 3. The van der Waals surface area contributed by atoms with Crippen molar-refractivity contribution in [3.63, 3.8) is 0 Å². The number of unbranched alkanes of at least 4 members (excludes halogenated alkanes) is 3. The molecule has 0 aromatic heterocycles. The van der Waals surface area contributed by atoms with Crippen LogP contribution >= 0.6 is 0 Å². The second-order valence-electron chi connectivity index (χ2n) is 4.78. The number of ether oxygens (including phenoxy) is 1. The molecule has 0 aromatic carbocycles. The quantitative estimate of drug-likeness (QED) is 0.581. The molecule has 0 radical (unpaired) electrons. The molecule has 0 aliphatic rings. The van der Waals surface area contributed by atoms with Gasteiger partial charge in [0.15, 0.2) is 0 Å². The first-order valence-electron chi connectivity index (χ1n) is 6.03. The van der Waals surface area contributed by atoms with E-state index in [2.05, 4.69) is 13.8 Å². The molecule has 0 saturated carbocycles. The fraction of sp³-hybridized carbons (Fsp3) is 1.00. The largest absolute Gasteiger partial charge is 0.394 e. The molecule has 0 aliphatic heterocycles. The van der Waals surface area contributed by atoms with Crippen LogP contribution in [0.3, 0.4) is 0 Å². The molecule has 0 heterocycles. The van der Waals surface area contributed by atoms with E-state index in [4.69, 9.17) is 15.6 Å². The highest BCUT2D eigenvalue weighted by molar-refractivity contribution is 4.76. The SMILES string of the molecule is CCCCCCC(C)OCC(C)(N)CO. The van der Waals surface area contributed by atoms with Crippen LogP contribution in [0.5, 0.6) is 0 Å². The van der Waals surface area contributed by atoms with Crippen molar-refractivity contribution in [1.29, 1.82) is 0 Å². The maximum Gasteiger partial charge on any atom is 0.0669 e. The summed E-state index contributed by atoms with van der Waals surface area (Å²) in [7, 11) is 0. The van der Waals surface area contributed by atoms with Crippen molar-refractivity contribution in [2.75, 3.05) is 13.2 Å². The average Bonchev–Trinajstić information content (AvgIpc) is 2.22. The van der Waals surface area contributed by atoms with Gasteiger partial charge in [-0.2, -0.15) is 0 Å². The molecule has 2 atom stereocenters. The Kier molecular flexibility index (Phi) is 8.02. The molecule has 3 N–H and O–H groups in total. The molecule has 0 rings (SSSR count).